The van der Waals surface area contributed by atoms with E-state index in [1.807, 2.05) is 13.1 Å². The Labute approximate surface area is 121 Å². The highest BCUT2D eigenvalue weighted by Gasteiger charge is 2.22. The van der Waals surface area contributed by atoms with Gasteiger partial charge in [0.1, 0.15) is 5.82 Å². The van der Waals surface area contributed by atoms with E-state index in [1.54, 1.807) is 12.1 Å². The lowest BCUT2D eigenvalue weighted by Gasteiger charge is -2.38. The molecule has 2 atom stereocenters. The first kappa shape index (κ1) is 15.4. The van der Waals surface area contributed by atoms with E-state index in [0.717, 1.165) is 38.2 Å². The lowest BCUT2D eigenvalue weighted by molar-refractivity contribution is 0.0963. The van der Waals surface area contributed by atoms with Crippen LogP contribution in [0.25, 0.3) is 0 Å². The molecule has 0 aliphatic carbocycles. The maximum Gasteiger partial charge on any atom is 0.123 e. The van der Waals surface area contributed by atoms with Crippen molar-refractivity contribution in [2.45, 2.75) is 25.4 Å². The van der Waals surface area contributed by atoms with Crippen LogP contribution >= 0.6 is 0 Å². The van der Waals surface area contributed by atoms with Gasteiger partial charge in [0, 0.05) is 38.3 Å². The van der Waals surface area contributed by atoms with Crippen molar-refractivity contribution in [3.63, 3.8) is 0 Å². The summed E-state index contributed by atoms with van der Waals surface area (Å²) in [6.07, 6.45) is 1.01. The Morgan fingerprint density at radius 3 is 2.85 bits per heavy atom. The number of nitrogens with zero attached hydrogens (tertiary/aromatic N) is 2. The monoisotopic (exact) mass is 279 g/mol. The third-order valence-electron chi connectivity index (χ3n) is 4.27. The van der Waals surface area contributed by atoms with E-state index in [-0.39, 0.29) is 11.9 Å². The zero-order valence-corrected chi connectivity index (χ0v) is 12.8. The van der Waals surface area contributed by atoms with E-state index in [2.05, 4.69) is 29.1 Å². The van der Waals surface area contributed by atoms with Crippen LogP contribution in [0.2, 0.25) is 0 Å². The van der Waals surface area contributed by atoms with Crippen molar-refractivity contribution in [1.82, 2.24) is 15.1 Å². The van der Waals surface area contributed by atoms with Crippen LogP contribution < -0.4 is 5.32 Å². The number of likely N-dealkylation sites (N-methyl/N-ethyl adjacent to an activating group) is 1. The van der Waals surface area contributed by atoms with Gasteiger partial charge in [-0.15, -0.1) is 0 Å². The molecule has 0 bridgehead atoms. The summed E-state index contributed by atoms with van der Waals surface area (Å²) in [6, 6.07) is 7.73. The smallest absolute Gasteiger partial charge is 0.123 e. The number of rotatable bonds is 5. The van der Waals surface area contributed by atoms with Crippen LogP contribution in [0.3, 0.4) is 0 Å². The number of piperazine rings is 1. The first-order chi connectivity index (χ1) is 9.60. The molecule has 0 amide bonds. The van der Waals surface area contributed by atoms with E-state index in [0.29, 0.717) is 6.04 Å². The molecule has 0 spiro atoms. The van der Waals surface area contributed by atoms with E-state index < -0.39 is 0 Å². The summed E-state index contributed by atoms with van der Waals surface area (Å²) in [4.78, 5) is 4.91. The van der Waals surface area contributed by atoms with Gasteiger partial charge in [0.2, 0.25) is 0 Å². The van der Waals surface area contributed by atoms with Gasteiger partial charge in [-0.25, -0.2) is 4.39 Å². The highest BCUT2D eigenvalue weighted by Crippen LogP contribution is 2.19. The molecule has 3 nitrogen and oxygen atoms in total. The Morgan fingerprint density at radius 1 is 1.40 bits per heavy atom. The molecule has 0 aromatic heterocycles. The highest BCUT2D eigenvalue weighted by atomic mass is 19.1. The Kier molecular flexibility index (Phi) is 5.52. The molecular formula is C16H26FN3. The van der Waals surface area contributed by atoms with Crippen molar-refractivity contribution in [2.75, 3.05) is 40.3 Å². The SMILES string of the molecule is CNC(CCN1CCN(C)CC1C)c1cccc(F)c1. The molecule has 2 rings (SSSR count). The fourth-order valence-corrected chi connectivity index (χ4v) is 3.01. The third kappa shape index (κ3) is 4.01. The maximum atomic E-state index is 13.3. The Morgan fingerprint density at radius 2 is 2.20 bits per heavy atom. The van der Waals surface area contributed by atoms with Crippen molar-refractivity contribution >= 4 is 0 Å². The van der Waals surface area contributed by atoms with Crippen LogP contribution in [0.15, 0.2) is 24.3 Å². The van der Waals surface area contributed by atoms with Crippen LogP contribution in [0.5, 0.6) is 0 Å². The molecule has 4 heteroatoms. The third-order valence-corrected chi connectivity index (χ3v) is 4.27. The largest absolute Gasteiger partial charge is 0.313 e. The summed E-state index contributed by atoms with van der Waals surface area (Å²) < 4.78 is 13.3. The van der Waals surface area contributed by atoms with Crippen molar-refractivity contribution in [1.29, 1.82) is 0 Å². The van der Waals surface area contributed by atoms with Crippen molar-refractivity contribution in [3.8, 4) is 0 Å². The standard InChI is InChI=1S/C16H26FN3/c1-13-12-19(3)9-10-20(13)8-7-16(18-2)14-5-4-6-15(17)11-14/h4-6,11,13,16,18H,7-10,12H2,1-3H3. The quantitative estimate of drug-likeness (QED) is 0.890. The summed E-state index contributed by atoms with van der Waals surface area (Å²) in [6.45, 7) is 6.72. The molecule has 1 N–H and O–H groups in total. The normalized spacial score (nSPS) is 22.9. The summed E-state index contributed by atoms with van der Waals surface area (Å²) in [7, 11) is 4.12. The molecule has 1 aromatic carbocycles. The molecule has 0 saturated carbocycles. The van der Waals surface area contributed by atoms with Crippen molar-refractivity contribution in [2.24, 2.45) is 0 Å². The number of hydrogen-bond donors (Lipinski definition) is 1. The molecule has 1 aliphatic heterocycles. The molecule has 1 heterocycles. The topological polar surface area (TPSA) is 18.5 Å². The average Bonchev–Trinajstić information content (AvgIpc) is 2.41. The van der Waals surface area contributed by atoms with Gasteiger partial charge in [-0.05, 0) is 45.1 Å². The van der Waals surface area contributed by atoms with Gasteiger partial charge in [-0.1, -0.05) is 12.1 Å². The molecule has 1 fully saturated rings. The molecule has 1 saturated heterocycles. The van der Waals surface area contributed by atoms with Crippen molar-refractivity contribution in [3.05, 3.63) is 35.6 Å². The van der Waals surface area contributed by atoms with Gasteiger partial charge in [-0.2, -0.15) is 0 Å². The molecular weight excluding hydrogens is 253 g/mol. The maximum absolute atomic E-state index is 13.3. The van der Waals surface area contributed by atoms with E-state index >= 15 is 0 Å². The zero-order valence-electron chi connectivity index (χ0n) is 12.8. The van der Waals surface area contributed by atoms with E-state index in [4.69, 9.17) is 0 Å². The second-order valence-corrected chi connectivity index (χ2v) is 5.83. The van der Waals surface area contributed by atoms with Gasteiger partial charge >= 0.3 is 0 Å². The van der Waals surface area contributed by atoms with Crippen LogP contribution in [-0.4, -0.2) is 56.1 Å². The van der Waals surface area contributed by atoms with Crippen molar-refractivity contribution < 1.29 is 4.39 Å². The predicted octanol–water partition coefficient (Wildman–Crippen LogP) is 2.11. The minimum Gasteiger partial charge on any atom is -0.313 e. The highest BCUT2D eigenvalue weighted by molar-refractivity contribution is 5.20. The van der Waals surface area contributed by atoms with Gasteiger partial charge in [0.25, 0.3) is 0 Å². The van der Waals surface area contributed by atoms with E-state index in [1.165, 1.54) is 6.07 Å². The van der Waals surface area contributed by atoms with Gasteiger partial charge < -0.3 is 10.2 Å². The first-order valence-corrected chi connectivity index (χ1v) is 7.45. The Balaban J connectivity index is 1.91. The van der Waals surface area contributed by atoms with Crippen LogP contribution in [0.1, 0.15) is 24.9 Å². The minimum atomic E-state index is -0.157. The van der Waals surface area contributed by atoms with Crippen LogP contribution in [0.4, 0.5) is 4.39 Å². The summed E-state index contributed by atoms with van der Waals surface area (Å²) in [5.41, 5.74) is 1.04. The number of halogens is 1. The fourth-order valence-electron chi connectivity index (χ4n) is 3.01. The second kappa shape index (κ2) is 7.16. The van der Waals surface area contributed by atoms with Gasteiger partial charge in [-0.3, -0.25) is 4.90 Å². The van der Waals surface area contributed by atoms with Crippen LogP contribution in [0, 0.1) is 5.82 Å². The summed E-state index contributed by atoms with van der Waals surface area (Å²) >= 11 is 0. The Bertz CT molecular complexity index is 424. The lowest BCUT2D eigenvalue weighted by Crippen LogP contribution is -2.50. The molecule has 20 heavy (non-hydrogen) atoms. The number of nitrogens with one attached hydrogen (secondary N) is 1. The molecule has 1 aliphatic rings. The second-order valence-electron chi connectivity index (χ2n) is 5.83. The minimum absolute atomic E-state index is 0.157. The number of hydrogen-bond acceptors (Lipinski definition) is 3. The Hall–Kier alpha value is -0.970. The first-order valence-electron chi connectivity index (χ1n) is 7.45. The fraction of sp³-hybridized carbons (Fsp3) is 0.625. The molecule has 112 valence electrons. The average molecular weight is 279 g/mol. The molecule has 2 unspecified atom stereocenters. The summed E-state index contributed by atoms with van der Waals surface area (Å²) in [5, 5.41) is 3.31. The molecule has 1 aromatic rings. The number of benzene rings is 1. The zero-order chi connectivity index (χ0) is 14.5. The van der Waals surface area contributed by atoms with E-state index in [9.17, 15) is 4.39 Å². The van der Waals surface area contributed by atoms with Gasteiger partial charge in [0.15, 0.2) is 0 Å². The summed E-state index contributed by atoms with van der Waals surface area (Å²) in [5.74, 6) is -0.157. The predicted molar refractivity (Wildman–Crippen MR) is 81.3 cm³/mol. The lowest BCUT2D eigenvalue weighted by atomic mass is 10.0. The molecule has 0 radical (unpaired) electrons. The van der Waals surface area contributed by atoms with Crippen LogP contribution in [-0.2, 0) is 0 Å². The van der Waals surface area contributed by atoms with Gasteiger partial charge in [0.05, 0.1) is 0 Å².